The summed E-state index contributed by atoms with van der Waals surface area (Å²) in [5.74, 6) is -24.0. The monoisotopic (exact) mass is 863 g/mol. The average Bonchev–Trinajstić information content (AvgIpc) is 3.53. The van der Waals surface area contributed by atoms with Gasteiger partial charge in [0.25, 0.3) is 11.8 Å². The van der Waals surface area contributed by atoms with Crippen molar-refractivity contribution < 1.29 is 60.8 Å². The number of carbonyl (C=O) groups excluding carboxylic acids is 4. The number of phenolic OH excluding ortho intramolecular Hbond substituents is 1. The molecule has 0 bridgehead atoms. The summed E-state index contributed by atoms with van der Waals surface area (Å²) < 4.78 is 79.9. The summed E-state index contributed by atoms with van der Waals surface area (Å²) in [5, 5.41) is 34.5. The number of alkyl halides is 2. The zero-order valence-electron chi connectivity index (χ0n) is 30.0. The fourth-order valence-corrected chi connectivity index (χ4v) is 10.0. The summed E-state index contributed by atoms with van der Waals surface area (Å²) in [7, 11) is 2.61. The maximum Gasteiger partial charge on any atom is 0.301 e. The van der Waals surface area contributed by atoms with Crippen molar-refractivity contribution in [3.05, 3.63) is 109 Å². The van der Waals surface area contributed by atoms with E-state index in [1.54, 1.807) is 0 Å². The van der Waals surface area contributed by atoms with Gasteiger partial charge in [-0.25, -0.2) is 31.8 Å². The lowest BCUT2D eigenvalue weighted by molar-refractivity contribution is -0.392. The predicted octanol–water partition coefficient (Wildman–Crippen LogP) is 6.09. The molecule has 6 atom stereocenters. The van der Waals surface area contributed by atoms with E-state index in [1.807, 2.05) is 0 Å². The number of carbonyl (C=O) groups is 4. The molecule has 0 spiro atoms. The number of hydrogen-bond donors (Lipinski definition) is 1. The van der Waals surface area contributed by atoms with Gasteiger partial charge >= 0.3 is 11.4 Å². The van der Waals surface area contributed by atoms with Crippen LogP contribution in [0.15, 0.2) is 53.8 Å². The molecule has 4 amide bonds. The number of amides is 4. The molecular formula is C37H24Cl2F5N5O10. The Morgan fingerprint density at radius 1 is 0.847 bits per heavy atom. The molecule has 59 heavy (non-hydrogen) atoms. The van der Waals surface area contributed by atoms with Crippen LogP contribution < -0.4 is 19.4 Å². The molecule has 0 radical (unpaired) electrons. The number of aromatic hydroxyl groups is 1. The molecule has 2 aliphatic carbocycles. The maximum absolute atomic E-state index is 15.4. The lowest BCUT2D eigenvalue weighted by Gasteiger charge is -2.51. The number of hydrogen-bond acceptors (Lipinski definition) is 11. The molecule has 3 aliphatic heterocycles. The van der Waals surface area contributed by atoms with Crippen LogP contribution in [-0.2, 0) is 25.6 Å². The maximum atomic E-state index is 15.4. The van der Waals surface area contributed by atoms with Gasteiger partial charge in [0.15, 0.2) is 38.7 Å². The van der Waals surface area contributed by atoms with Crippen LogP contribution in [-0.4, -0.2) is 62.4 Å². The summed E-state index contributed by atoms with van der Waals surface area (Å²) in [4.78, 5) is 75.8. The summed E-state index contributed by atoms with van der Waals surface area (Å²) in [6.45, 7) is 0. The lowest BCUT2D eigenvalue weighted by Crippen LogP contribution is -2.61. The van der Waals surface area contributed by atoms with Crippen molar-refractivity contribution in [1.29, 1.82) is 0 Å². The van der Waals surface area contributed by atoms with Gasteiger partial charge in [-0.05, 0) is 42.5 Å². The molecule has 8 rings (SSSR count). The van der Waals surface area contributed by atoms with Crippen molar-refractivity contribution in [2.75, 3.05) is 28.8 Å². The van der Waals surface area contributed by atoms with Crippen LogP contribution in [0, 0.1) is 73.0 Å². The van der Waals surface area contributed by atoms with E-state index in [0.29, 0.717) is 10.5 Å². The predicted molar refractivity (Wildman–Crippen MR) is 194 cm³/mol. The number of rotatable bonds is 6. The second kappa shape index (κ2) is 13.2. The first-order valence-corrected chi connectivity index (χ1v) is 18.1. The van der Waals surface area contributed by atoms with E-state index in [1.165, 1.54) is 38.4 Å². The highest BCUT2D eigenvalue weighted by atomic mass is 35.5. The molecule has 3 aromatic carbocycles. The third kappa shape index (κ3) is 5.24. The van der Waals surface area contributed by atoms with Crippen LogP contribution in [0.1, 0.15) is 18.4 Å². The smallest absolute Gasteiger partial charge is 0.301 e. The topological polar surface area (TPSA) is 194 Å². The SMILES string of the molecule is CN(C)c1c([N+](=O)[O-])cc(N2C(=O)[C@H]3[C@H](CC=C4[C@H](C5=COc6ccc(O)cc6C5)[C@]5(Cl)C(=O)N(c6c(F)c(F)c(F)c(F)c6F)C(=O)[C@]5(Cl)C[C@H]43)C2=O)cc1[N+](=O)[O-]. The molecule has 1 N–H and O–H groups in total. The zero-order valence-corrected chi connectivity index (χ0v) is 31.5. The highest BCUT2D eigenvalue weighted by Gasteiger charge is 2.77. The Morgan fingerprint density at radius 3 is 2.02 bits per heavy atom. The summed E-state index contributed by atoms with van der Waals surface area (Å²) in [6, 6.07) is 5.61. The molecule has 3 aromatic rings. The fraction of sp³-hybridized carbons (Fsp3) is 0.297. The largest absolute Gasteiger partial charge is 0.508 e. The Bertz CT molecular complexity index is 2550. The quantitative estimate of drug-likeness (QED) is 0.0441. The standard InChI is InChI=1S/C37H24Cl2F5N5O10/c1-45(2)30-20(48(55)56)9-15(10-21(30)49(57)58)46-32(51)18-5-4-17-19(23(18)33(46)52)11-36(38)34(53)47(31-28(43)26(41)25(40)27(42)29(31)44)35(54)37(36,39)24(17)14-7-13-8-16(50)3-6-22(13)59-12-14/h3-4,6,8-10,12,18-19,23-24,50H,5,7,11H2,1-2H3/t18-,19+,23-,24-,36+,37-/m0/s1. The van der Waals surface area contributed by atoms with E-state index in [-0.39, 0.29) is 40.4 Å². The number of halogens is 7. The third-order valence-electron chi connectivity index (χ3n) is 11.5. The van der Waals surface area contributed by atoms with Gasteiger partial charge in [-0.15, -0.1) is 23.2 Å². The van der Waals surface area contributed by atoms with E-state index in [2.05, 4.69) is 0 Å². The van der Waals surface area contributed by atoms with E-state index in [4.69, 9.17) is 27.9 Å². The second-order valence-electron chi connectivity index (χ2n) is 14.7. The number of nitro benzene ring substituents is 2. The van der Waals surface area contributed by atoms with Gasteiger partial charge in [0.05, 0.1) is 33.6 Å². The molecule has 3 heterocycles. The van der Waals surface area contributed by atoms with Crippen molar-refractivity contribution in [3.63, 3.8) is 0 Å². The number of ether oxygens (including phenoxy) is 1. The molecule has 1 saturated carbocycles. The molecule has 3 fully saturated rings. The molecule has 306 valence electrons. The van der Waals surface area contributed by atoms with Crippen molar-refractivity contribution >= 4 is 75.3 Å². The molecule has 0 unspecified atom stereocenters. The number of allylic oxidation sites excluding steroid dienone is 3. The Hall–Kier alpha value is -6.15. The minimum absolute atomic E-state index is 0.0390. The van der Waals surface area contributed by atoms with Gasteiger partial charge in [0.1, 0.15) is 17.2 Å². The van der Waals surface area contributed by atoms with Crippen LogP contribution >= 0.6 is 23.2 Å². The summed E-state index contributed by atoms with van der Waals surface area (Å²) in [5.41, 5.74) is -4.17. The van der Waals surface area contributed by atoms with Gasteiger partial charge < -0.3 is 14.7 Å². The normalized spacial score (nSPS) is 27.1. The fourth-order valence-electron chi connectivity index (χ4n) is 9.09. The third-order valence-corrected chi connectivity index (χ3v) is 12.9. The van der Waals surface area contributed by atoms with E-state index in [0.717, 1.165) is 23.3 Å². The number of fused-ring (bicyclic) bond motifs is 5. The van der Waals surface area contributed by atoms with Gasteiger partial charge in [-0.1, -0.05) is 11.6 Å². The zero-order chi connectivity index (χ0) is 42.9. The van der Waals surface area contributed by atoms with E-state index < -0.39 is 131 Å². The number of benzene rings is 3. The first-order chi connectivity index (χ1) is 27.7. The van der Waals surface area contributed by atoms with Crippen LogP contribution in [0.25, 0.3) is 0 Å². The highest BCUT2D eigenvalue weighted by molar-refractivity contribution is 6.58. The van der Waals surface area contributed by atoms with Crippen LogP contribution in [0.5, 0.6) is 11.5 Å². The van der Waals surface area contributed by atoms with E-state index >= 15 is 8.78 Å². The molecule has 5 aliphatic rings. The van der Waals surface area contributed by atoms with Crippen molar-refractivity contribution in [3.8, 4) is 11.5 Å². The van der Waals surface area contributed by atoms with Crippen LogP contribution in [0.4, 0.5) is 50.4 Å². The van der Waals surface area contributed by atoms with Crippen LogP contribution in [0.3, 0.4) is 0 Å². The van der Waals surface area contributed by atoms with Gasteiger partial charge in [0, 0.05) is 44.1 Å². The van der Waals surface area contributed by atoms with Crippen molar-refractivity contribution in [2.24, 2.45) is 23.7 Å². The number of imide groups is 2. The van der Waals surface area contributed by atoms with Crippen LogP contribution in [0.2, 0.25) is 0 Å². The number of phenols is 1. The van der Waals surface area contributed by atoms with Gasteiger partial charge in [0.2, 0.25) is 17.6 Å². The molecule has 22 heteroatoms. The first-order valence-electron chi connectivity index (χ1n) is 17.3. The molecule has 15 nitrogen and oxygen atoms in total. The van der Waals surface area contributed by atoms with Crippen molar-refractivity contribution in [1.82, 2.24) is 0 Å². The number of nitrogens with zero attached hydrogens (tertiary/aromatic N) is 5. The Labute approximate surface area is 337 Å². The van der Waals surface area contributed by atoms with Gasteiger partial charge in [-0.3, -0.25) is 39.4 Å². The van der Waals surface area contributed by atoms with E-state index in [9.17, 15) is 57.7 Å². The molecule has 2 saturated heterocycles. The van der Waals surface area contributed by atoms with Gasteiger partial charge in [-0.2, -0.15) is 0 Å². The lowest BCUT2D eigenvalue weighted by atomic mass is 9.56. The Balaban J connectivity index is 1.30. The average molecular weight is 865 g/mol. The Morgan fingerprint density at radius 2 is 1.44 bits per heavy atom. The number of nitro groups is 2. The second-order valence-corrected chi connectivity index (χ2v) is 16.0. The minimum Gasteiger partial charge on any atom is -0.508 e. The highest BCUT2D eigenvalue weighted by Crippen LogP contribution is 2.65. The number of anilines is 3. The van der Waals surface area contributed by atoms with Crippen molar-refractivity contribution in [2.45, 2.75) is 29.0 Å². The first kappa shape index (κ1) is 39.7. The Kier molecular flexibility index (Phi) is 8.86. The summed E-state index contributed by atoms with van der Waals surface area (Å²) in [6.07, 6.45) is 1.20. The minimum atomic E-state index is -2.86. The molecular weight excluding hydrogens is 840 g/mol. The molecule has 0 aromatic heterocycles. The summed E-state index contributed by atoms with van der Waals surface area (Å²) >= 11 is 14.3.